The highest BCUT2D eigenvalue weighted by atomic mass is 19.1. The lowest BCUT2D eigenvalue weighted by Crippen LogP contribution is -2.18. The third kappa shape index (κ3) is 2.24. The van der Waals surface area contributed by atoms with E-state index in [0.29, 0.717) is 16.6 Å². The normalized spacial score (nSPS) is 11.0. The summed E-state index contributed by atoms with van der Waals surface area (Å²) in [5.74, 6) is -1.21. The van der Waals surface area contributed by atoms with E-state index in [-0.39, 0.29) is 18.1 Å². The molecule has 3 rings (SSSR count). The average molecular weight is 283 g/mol. The smallest absolute Gasteiger partial charge is 0.158 e. The molecule has 0 aliphatic rings. The Balaban J connectivity index is 2.18. The van der Waals surface area contributed by atoms with E-state index in [4.69, 9.17) is 5.41 Å². The summed E-state index contributed by atoms with van der Waals surface area (Å²) < 4.78 is 15.2. The number of hydrogen-bond donors (Lipinski definition) is 1. The summed E-state index contributed by atoms with van der Waals surface area (Å²) in [4.78, 5) is 4.21. The van der Waals surface area contributed by atoms with Crippen molar-refractivity contribution in [2.75, 3.05) is 0 Å². The molecule has 2 heterocycles. The summed E-state index contributed by atoms with van der Waals surface area (Å²) in [6, 6.07) is 8.13. The van der Waals surface area contributed by atoms with Crippen molar-refractivity contribution in [1.29, 1.82) is 5.41 Å². The van der Waals surface area contributed by atoms with Crippen molar-refractivity contribution in [2.45, 2.75) is 13.5 Å². The maximum absolute atomic E-state index is 13.8. The third-order valence-electron chi connectivity index (χ3n) is 3.33. The lowest BCUT2D eigenvalue weighted by Gasteiger charge is -2.04. The van der Waals surface area contributed by atoms with Crippen molar-refractivity contribution in [3.8, 4) is 0 Å². The van der Waals surface area contributed by atoms with Crippen molar-refractivity contribution in [3.05, 3.63) is 59.2 Å². The number of fused-ring (bicyclic) bond motifs is 1. The molecule has 0 radical (unpaired) electrons. The second-order valence-corrected chi connectivity index (χ2v) is 4.75. The van der Waals surface area contributed by atoms with Gasteiger partial charge in [-0.15, -0.1) is 0 Å². The summed E-state index contributed by atoms with van der Waals surface area (Å²) in [5, 5.41) is 23.4. The molecule has 6 heteroatoms. The summed E-state index contributed by atoms with van der Waals surface area (Å²) >= 11 is 0. The molecule has 0 aliphatic carbocycles. The van der Waals surface area contributed by atoms with Crippen LogP contribution in [0.25, 0.3) is 11.0 Å². The number of nitrogens with zero attached hydrogens (tertiary/aromatic N) is 3. The molecule has 1 N–H and O–H groups in total. The Morgan fingerprint density at radius 2 is 2.10 bits per heavy atom. The maximum atomic E-state index is 13.8. The van der Waals surface area contributed by atoms with Gasteiger partial charge in [0.25, 0.3) is 0 Å². The molecule has 106 valence electrons. The summed E-state index contributed by atoms with van der Waals surface area (Å²) in [7, 11) is 0. The van der Waals surface area contributed by atoms with Gasteiger partial charge in [0.2, 0.25) is 0 Å². The summed E-state index contributed by atoms with van der Waals surface area (Å²) in [6.07, 6.45) is 1.61. The van der Waals surface area contributed by atoms with Crippen molar-refractivity contribution < 1.29 is 9.50 Å². The number of nitrogens with one attached hydrogen (secondary N) is 1. The van der Waals surface area contributed by atoms with Gasteiger partial charge in [-0.3, -0.25) is 0 Å². The zero-order valence-electron chi connectivity index (χ0n) is 11.3. The van der Waals surface area contributed by atoms with E-state index < -0.39 is 5.90 Å². The van der Waals surface area contributed by atoms with Gasteiger partial charge in [-0.1, -0.05) is 18.2 Å². The predicted molar refractivity (Wildman–Crippen MR) is 74.6 cm³/mol. The minimum atomic E-state index is -0.872. The molecular weight excluding hydrogens is 271 g/mol. The zero-order valence-corrected chi connectivity index (χ0v) is 11.3. The van der Waals surface area contributed by atoms with Crippen molar-refractivity contribution >= 4 is 16.9 Å². The van der Waals surface area contributed by atoms with Crippen LogP contribution in [-0.4, -0.2) is 20.7 Å². The second kappa shape index (κ2) is 4.97. The molecule has 3 aromatic rings. The quantitative estimate of drug-likeness (QED) is 0.586. The largest absolute Gasteiger partial charge is 0.858 e. The van der Waals surface area contributed by atoms with Gasteiger partial charge in [0.15, 0.2) is 5.65 Å². The van der Waals surface area contributed by atoms with E-state index >= 15 is 0 Å². The first kappa shape index (κ1) is 13.2. The van der Waals surface area contributed by atoms with Crippen LogP contribution in [-0.2, 0) is 6.54 Å². The lowest BCUT2D eigenvalue weighted by molar-refractivity contribution is -0.214. The topological polar surface area (TPSA) is 77.6 Å². The highest BCUT2D eigenvalue weighted by Crippen LogP contribution is 2.21. The molecule has 0 aliphatic heterocycles. The van der Waals surface area contributed by atoms with E-state index in [1.807, 2.05) is 6.92 Å². The third-order valence-corrected chi connectivity index (χ3v) is 3.33. The summed E-state index contributed by atoms with van der Waals surface area (Å²) in [6.45, 7) is 1.98. The van der Waals surface area contributed by atoms with Gasteiger partial charge in [0.05, 0.1) is 11.9 Å². The fourth-order valence-electron chi connectivity index (χ4n) is 2.31. The Morgan fingerprint density at radius 1 is 1.33 bits per heavy atom. The molecule has 0 unspecified atom stereocenters. The van der Waals surface area contributed by atoms with E-state index in [9.17, 15) is 9.50 Å². The van der Waals surface area contributed by atoms with Gasteiger partial charge in [0.1, 0.15) is 11.5 Å². The minimum absolute atomic E-state index is 0.0481. The van der Waals surface area contributed by atoms with Crippen LogP contribution in [0.1, 0.15) is 16.8 Å². The van der Waals surface area contributed by atoms with Crippen molar-refractivity contribution in [3.63, 3.8) is 0 Å². The first-order chi connectivity index (χ1) is 10.1. The summed E-state index contributed by atoms with van der Waals surface area (Å²) in [5.41, 5.74) is 1.80. The maximum Gasteiger partial charge on any atom is 0.158 e. The van der Waals surface area contributed by atoms with Gasteiger partial charge in [-0.2, -0.15) is 5.10 Å². The molecule has 0 spiro atoms. The average Bonchev–Trinajstić information content (AvgIpc) is 2.82. The first-order valence-electron chi connectivity index (χ1n) is 6.39. The number of rotatable bonds is 3. The van der Waals surface area contributed by atoms with Crippen molar-refractivity contribution in [1.82, 2.24) is 14.8 Å². The van der Waals surface area contributed by atoms with Crippen LogP contribution in [0.2, 0.25) is 0 Å². The molecular formula is C15H12FN4O-. The molecule has 0 saturated carbocycles. The molecule has 21 heavy (non-hydrogen) atoms. The van der Waals surface area contributed by atoms with E-state index in [1.165, 1.54) is 10.7 Å². The van der Waals surface area contributed by atoms with Crippen LogP contribution in [0.5, 0.6) is 0 Å². The van der Waals surface area contributed by atoms with Gasteiger partial charge in [-0.25, -0.2) is 14.1 Å². The monoisotopic (exact) mass is 283 g/mol. The molecule has 2 aromatic heterocycles. The second-order valence-electron chi connectivity index (χ2n) is 4.75. The van der Waals surface area contributed by atoms with Gasteiger partial charge >= 0.3 is 0 Å². The minimum Gasteiger partial charge on any atom is -0.858 e. The molecule has 0 amide bonds. The number of pyridine rings is 1. The molecule has 5 nitrogen and oxygen atoms in total. The number of aryl methyl sites for hydroxylation is 1. The van der Waals surface area contributed by atoms with Crippen LogP contribution in [0.4, 0.5) is 4.39 Å². The number of aromatic nitrogens is 3. The molecule has 0 atom stereocenters. The number of halogens is 1. The highest BCUT2D eigenvalue weighted by molar-refractivity contribution is 6.01. The highest BCUT2D eigenvalue weighted by Gasteiger charge is 2.14. The van der Waals surface area contributed by atoms with Crippen LogP contribution in [0.15, 0.2) is 36.5 Å². The SMILES string of the molecule is Cc1ccnc2c1c(C(=N)[O-])nn2Cc1ccccc1F. The van der Waals surface area contributed by atoms with Gasteiger partial charge < -0.3 is 10.5 Å². The Labute approximate surface area is 120 Å². The zero-order chi connectivity index (χ0) is 15.0. The molecule has 1 aromatic carbocycles. The van der Waals surface area contributed by atoms with Crippen LogP contribution in [0, 0.1) is 18.2 Å². The standard InChI is InChI=1S/C15H13FN4O/c1-9-6-7-18-15-12(9)13(14(17)21)19-20(15)8-10-4-2-3-5-11(10)16/h2-7H,8H2,1H3,(H2,17,21)/p-1. The Bertz CT molecular complexity index is 841. The molecule has 0 fully saturated rings. The van der Waals surface area contributed by atoms with E-state index in [0.717, 1.165) is 5.56 Å². The first-order valence-corrected chi connectivity index (χ1v) is 6.39. The Morgan fingerprint density at radius 3 is 2.81 bits per heavy atom. The molecule has 0 bridgehead atoms. The van der Waals surface area contributed by atoms with E-state index in [2.05, 4.69) is 10.1 Å². The Kier molecular flexibility index (Phi) is 3.13. The fourth-order valence-corrected chi connectivity index (χ4v) is 2.31. The van der Waals surface area contributed by atoms with E-state index in [1.54, 1.807) is 30.5 Å². The predicted octanol–water partition coefficient (Wildman–Crippen LogP) is 1.61. The molecule has 0 saturated heterocycles. The van der Waals surface area contributed by atoms with Crippen LogP contribution < -0.4 is 5.11 Å². The Hall–Kier alpha value is -2.76. The fraction of sp³-hybridized carbons (Fsp3) is 0.133. The van der Waals surface area contributed by atoms with Crippen LogP contribution in [0.3, 0.4) is 0 Å². The number of hydrogen-bond acceptors (Lipinski definition) is 4. The van der Waals surface area contributed by atoms with Crippen LogP contribution >= 0.6 is 0 Å². The lowest BCUT2D eigenvalue weighted by atomic mass is 10.1. The number of benzene rings is 1. The van der Waals surface area contributed by atoms with Gasteiger partial charge in [-0.05, 0) is 24.6 Å². The van der Waals surface area contributed by atoms with Gasteiger partial charge in [0, 0.05) is 17.7 Å². The van der Waals surface area contributed by atoms with Crippen molar-refractivity contribution in [2.24, 2.45) is 0 Å².